The smallest absolute Gasteiger partial charge is 0.243 e. The van der Waals surface area contributed by atoms with Gasteiger partial charge in [-0.05, 0) is 48.7 Å². The van der Waals surface area contributed by atoms with Gasteiger partial charge in [0.15, 0.2) is 0 Å². The fourth-order valence-corrected chi connectivity index (χ4v) is 4.12. The van der Waals surface area contributed by atoms with Gasteiger partial charge in [-0.3, -0.25) is 0 Å². The zero-order valence-corrected chi connectivity index (χ0v) is 15.6. The van der Waals surface area contributed by atoms with Gasteiger partial charge < -0.3 is 9.64 Å². The fourth-order valence-electron chi connectivity index (χ4n) is 2.95. The van der Waals surface area contributed by atoms with E-state index in [0.29, 0.717) is 18.9 Å². The molecule has 0 aliphatic carbocycles. The third kappa shape index (κ3) is 5.24. The van der Waals surface area contributed by atoms with Gasteiger partial charge in [0.05, 0.1) is 13.2 Å². The Morgan fingerprint density at radius 2 is 1.74 bits per heavy atom. The van der Waals surface area contributed by atoms with Crippen molar-refractivity contribution < 1.29 is 21.9 Å². The first-order valence-corrected chi connectivity index (χ1v) is 10.3. The lowest BCUT2D eigenvalue weighted by atomic mass is 10.1. The number of aryl methyl sites for hydroxylation is 1. The molecule has 27 heavy (non-hydrogen) atoms. The summed E-state index contributed by atoms with van der Waals surface area (Å²) in [5, 5.41) is 0. The molecule has 0 unspecified atom stereocenters. The highest BCUT2D eigenvalue weighted by Crippen LogP contribution is 2.18. The summed E-state index contributed by atoms with van der Waals surface area (Å²) in [6.07, 6.45) is 1.23. The van der Waals surface area contributed by atoms with Gasteiger partial charge in [0.1, 0.15) is 16.5 Å². The lowest BCUT2D eigenvalue weighted by molar-refractivity contribution is 0.122. The Hall–Kier alpha value is -2.03. The molecule has 1 aliphatic rings. The Morgan fingerprint density at radius 3 is 2.44 bits per heavy atom. The number of nitrogens with zero attached hydrogens (tertiary/aromatic N) is 1. The summed E-state index contributed by atoms with van der Waals surface area (Å²) in [5.41, 5.74) is 2.23. The third-order valence-electron chi connectivity index (χ3n) is 4.43. The Morgan fingerprint density at radius 1 is 1.04 bits per heavy atom. The minimum atomic E-state index is -4.07. The first-order valence-electron chi connectivity index (χ1n) is 8.82. The van der Waals surface area contributed by atoms with Crippen LogP contribution >= 0.6 is 0 Å². The number of hydrogen-bond acceptors (Lipinski definition) is 4. The molecule has 8 heteroatoms. The Balaban J connectivity index is 1.50. The van der Waals surface area contributed by atoms with Crippen molar-refractivity contribution in [1.29, 1.82) is 0 Å². The number of sulfonamides is 1. The molecular weight excluding hydrogens is 374 g/mol. The van der Waals surface area contributed by atoms with Crippen LogP contribution < -0.4 is 9.62 Å². The molecule has 2 aromatic rings. The zero-order valence-electron chi connectivity index (χ0n) is 14.8. The summed E-state index contributed by atoms with van der Waals surface area (Å²) in [6, 6.07) is 10.5. The van der Waals surface area contributed by atoms with Gasteiger partial charge in [-0.15, -0.1) is 0 Å². The number of morpholine rings is 1. The molecule has 2 aromatic carbocycles. The number of halogens is 2. The first kappa shape index (κ1) is 19.7. The lowest BCUT2D eigenvalue weighted by Gasteiger charge is -2.28. The summed E-state index contributed by atoms with van der Waals surface area (Å²) >= 11 is 0. The van der Waals surface area contributed by atoms with Crippen molar-refractivity contribution in [3.8, 4) is 0 Å². The Bertz CT molecular complexity index is 867. The summed E-state index contributed by atoms with van der Waals surface area (Å²) < 4.78 is 58.7. The summed E-state index contributed by atoms with van der Waals surface area (Å²) in [6.45, 7) is 3.35. The van der Waals surface area contributed by atoms with Crippen LogP contribution in [-0.4, -0.2) is 41.3 Å². The maximum Gasteiger partial charge on any atom is 0.243 e. The molecule has 0 bridgehead atoms. The molecular formula is C19H22F2N2O3S. The minimum Gasteiger partial charge on any atom is -0.378 e. The van der Waals surface area contributed by atoms with E-state index in [2.05, 4.69) is 9.62 Å². The number of ether oxygens (including phenoxy) is 1. The molecule has 0 spiro atoms. The van der Waals surface area contributed by atoms with Gasteiger partial charge in [-0.25, -0.2) is 21.9 Å². The monoisotopic (exact) mass is 396 g/mol. The number of nitrogens with one attached hydrogen (secondary N) is 1. The molecule has 0 atom stereocenters. The van der Waals surface area contributed by atoms with E-state index in [9.17, 15) is 17.2 Å². The zero-order chi connectivity index (χ0) is 19.3. The summed E-state index contributed by atoms with van der Waals surface area (Å²) in [5.74, 6) is -1.76. The van der Waals surface area contributed by atoms with E-state index < -0.39 is 26.6 Å². The molecule has 0 aromatic heterocycles. The van der Waals surface area contributed by atoms with E-state index in [4.69, 9.17) is 4.74 Å². The summed E-state index contributed by atoms with van der Waals surface area (Å²) in [7, 11) is -4.07. The molecule has 1 heterocycles. The molecule has 5 nitrogen and oxygen atoms in total. The predicted octanol–water partition coefficient (Wildman–Crippen LogP) is 2.71. The van der Waals surface area contributed by atoms with Crippen LogP contribution in [0.15, 0.2) is 47.4 Å². The van der Waals surface area contributed by atoms with Crippen LogP contribution in [0.3, 0.4) is 0 Å². The average Bonchev–Trinajstić information content (AvgIpc) is 2.68. The SMILES string of the molecule is O=S(=O)(NCCCc1ccc(N2CCOCC2)cc1)c1cc(F)ccc1F. The standard InChI is InChI=1S/C19H22F2N2O3S/c20-16-5-8-18(21)19(14-16)27(24,25)22-9-1-2-15-3-6-17(7-4-15)23-10-12-26-13-11-23/h3-8,14,22H,1-2,9-13H2. The number of hydrogen-bond donors (Lipinski definition) is 1. The van der Waals surface area contributed by atoms with Crippen molar-refractivity contribution in [2.45, 2.75) is 17.7 Å². The molecule has 0 amide bonds. The maximum absolute atomic E-state index is 13.6. The number of benzene rings is 2. The summed E-state index contributed by atoms with van der Waals surface area (Å²) in [4.78, 5) is 1.59. The average molecular weight is 396 g/mol. The Kier molecular flexibility index (Phi) is 6.41. The largest absolute Gasteiger partial charge is 0.378 e. The second-order valence-electron chi connectivity index (χ2n) is 6.34. The molecule has 0 saturated carbocycles. The van der Waals surface area contributed by atoms with Crippen molar-refractivity contribution >= 4 is 15.7 Å². The van der Waals surface area contributed by atoms with Gasteiger partial charge in [0.25, 0.3) is 0 Å². The van der Waals surface area contributed by atoms with Crippen LogP contribution in [0.1, 0.15) is 12.0 Å². The van der Waals surface area contributed by atoms with E-state index in [-0.39, 0.29) is 6.54 Å². The molecule has 1 aliphatic heterocycles. The van der Waals surface area contributed by atoms with Gasteiger partial charge in [-0.2, -0.15) is 0 Å². The van der Waals surface area contributed by atoms with E-state index >= 15 is 0 Å². The van der Waals surface area contributed by atoms with Crippen molar-refractivity contribution in [2.24, 2.45) is 0 Å². The van der Waals surface area contributed by atoms with Crippen molar-refractivity contribution in [3.63, 3.8) is 0 Å². The van der Waals surface area contributed by atoms with Gasteiger partial charge >= 0.3 is 0 Å². The topological polar surface area (TPSA) is 58.6 Å². The molecule has 1 saturated heterocycles. The predicted molar refractivity (Wildman–Crippen MR) is 99.3 cm³/mol. The first-order chi connectivity index (χ1) is 13.0. The van der Waals surface area contributed by atoms with E-state index in [1.54, 1.807) is 0 Å². The third-order valence-corrected chi connectivity index (χ3v) is 5.91. The fraction of sp³-hybridized carbons (Fsp3) is 0.368. The van der Waals surface area contributed by atoms with Crippen LogP contribution in [-0.2, 0) is 21.2 Å². The normalized spacial score (nSPS) is 15.1. The van der Waals surface area contributed by atoms with Crippen LogP contribution in [0.4, 0.5) is 14.5 Å². The van der Waals surface area contributed by atoms with Crippen molar-refractivity contribution in [3.05, 3.63) is 59.7 Å². The van der Waals surface area contributed by atoms with Crippen LogP contribution in [0.5, 0.6) is 0 Å². The van der Waals surface area contributed by atoms with E-state index in [1.165, 1.54) is 0 Å². The van der Waals surface area contributed by atoms with Gasteiger partial charge in [0, 0.05) is 25.3 Å². The molecule has 146 valence electrons. The molecule has 1 fully saturated rings. The van der Waals surface area contributed by atoms with Gasteiger partial charge in [-0.1, -0.05) is 12.1 Å². The molecule has 1 N–H and O–H groups in total. The Labute approximate surface area is 158 Å². The number of rotatable bonds is 7. The van der Waals surface area contributed by atoms with Gasteiger partial charge in [0.2, 0.25) is 10.0 Å². The maximum atomic E-state index is 13.6. The molecule has 3 rings (SSSR count). The second kappa shape index (κ2) is 8.77. The van der Waals surface area contributed by atoms with Crippen molar-refractivity contribution in [2.75, 3.05) is 37.7 Å². The second-order valence-corrected chi connectivity index (χ2v) is 8.08. The highest BCUT2D eigenvalue weighted by molar-refractivity contribution is 7.89. The van der Waals surface area contributed by atoms with Crippen LogP contribution in [0.25, 0.3) is 0 Å². The highest BCUT2D eigenvalue weighted by atomic mass is 32.2. The quantitative estimate of drug-likeness (QED) is 0.731. The van der Waals surface area contributed by atoms with E-state index in [1.807, 2.05) is 24.3 Å². The number of anilines is 1. The lowest BCUT2D eigenvalue weighted by Crippen LogP contribution is -2.36. The molecule has 0 radical (unpaired) electrons. The van der Waals surface area contributed by atoms with Crippen LogP contribution in [0, 0.1) is 11.6 Å². The van der Waals surface area contributed by atoms with Crippen LogP contribution in [0.2, 0.25) is 0 Å². The van der Waals surface area contributed by atoms with Crippen molar-refractivity contribution in [1.82, 2.24) is 4.72 Å². The highest BCUT2D eigenvalue weighted by Gasteiger charge is 2.19. The van der Waals surface area contributed by atoms with E-state index in [0.717, 1.165) is 49.7 Å². The minimum absolute atomic E-state index is 0.142.